The highest BCUT2D eigenvalue weighted by atomic mass is 16.5. The summed E-state index contributed by atoms with van der Waals surface area (Å²) in [5.41, 5.74) is 1.40. The van der Waals surface area contributed by atoms with Gasteiger partial charge in [0, 0.05) is 12.1 Å². The van der Waals surface area contributed by atoms with Gasteiger partial charge in [-0.2, -0.15) is 0 Å². The van der Waals surface area contributed by atoms with Gasteiger partial charge in [-0.3, -0.25) is 19.3 Å². The van der Waals surface area contributed by atoms with Gasteiger partial charge in [0.2, 0.25) is 17.7 Å². The molecule has 30 heavy (non-hydrogen) atoms. The molecule has 1 atom stereocenters. The molecule has 1 aromatic rings. The number of anilines is 1. The summed E-state index contributed by atoms with van der Waals surface area (Å²) >= 11 is 0. The van der Waals surface area contributed by atoms with E-state index in [0.29, 0.717) is 45.3 Å². The third kappa shape index (κ3) is 5.46. The van der Waals surface area contributed by atoms with E-state index in [9.17, 15) is 14.4 Å². The number of nitrogens with one attached hydrogen (secondary N) is 1. The van der Waals surface area contributed by atoms with Gasteiger partial charge in [0.15, 0.2) is 0 Å². The number of aryl methyl sites for hydroxylation is 1. The standard InChI is InChI=1S/C23H32N2O5/c1-17-6-8-19(9-7-17)24-20(26)10-12-29-14-15-30-13-11-25-21(27)16-23(2,22(25)28)18-4-3-5-18/h6-9,18H,3-5,10-16H2,1-2H3,(H,24,26). The normalized spacial score (nSPS) is 21.7. The molecular weight excluding hydrogens is 384 g/mol. The number of imide groups is 1. The highest BCUT2D eigenvalue weighted by Gasteiger charge is 2.53. The van der Waals surface area contributed by atoms with Gasteiger partial charge in [0.1, 0.15) is 0 Å². The summed E-state index contributed by atoms with van der Waals surface area (Å²) in [6.45, 7) is 5.54. The molecule has 2 fully saturated rings. The third-order valence-corrected chi connectivity index (χ3v) is 6.20. The van der Waals surface area contributed by atoms with Crippen molar-refractivity contribution in [3.05, 3.63) is 29.8 Å². The van der Waals surface area contributed by atoms with Crippen LogP contribution in [0.4, 0.5) is 5.69 Å². The first-order chi connectivity index (χ1) is 14.4. The van der Waals surface area contributed by atoms with Crippen LogP contribution >= 0.6 is 0 Å². The summed E-state index contributed by atoms with van der Waals surface area (Å²) in [6.07, 6.45) is 3.83. The number of hydrogen-bond acceptors (Lipinski definition) is 5. The van der Waals surface area contributed by atoms with Crippen molar-refractivity contribution < 1.29 is 23.9 Å². The molecule has 1 aliphatic carbocycles. The Kier molecular flexibility index (Phi) is 7.61. The number of carbonyl (C=O) groups excluding carboxylic acids is 3. The van der Waals surface area contributed by atoms with E-state index in [1.165, 1.54) is 4.90 Å². The molecular formula is C23H32N2O5. The van der Waals surface area contributed by atoms with Crippen LogP contribution in [-0.4, -0.2) is 55.6 Å². The van der Waals surface area contributed by atoms with Crippen LogP contribution in [0.15, 0.2) is 24.3 Å². The maximum absolute atomic E-state index is 12.7. The Bertz CT molecular complexity index is 759. The molecule has 164 valence electrons. The molecule has 1 saturated heterocycles. The van der Waals surface area contributed by atoms with Crippen molar-refractivity contribution in [1.82, 2.24) is 4.90 Å². The van der Waals surface area contributed by atoms with Gasteiger partial charge in [-0.1, -0.05) is 24.1 Å². The Labute approximate surface area is 178 Å². The second kappa shape index (κ2) is 10.2. The smallest absolute Gasteiger partial charge is 0.235 e. The second-order valence-corrected chi connectivity index (χ2v) is 8.46. The van der Waals surface area contributed by atoms with Crippen molar-refractivity contribution in [1.29, 1.82) is 0 Å². The summed E-state index contributed by atoms with van der Waals surface area (Å²) < 4.78 is 10.9. The van der Waals surface area contributed by atoms with E-state index in [0.717, 1.165) is 30.5 Å². The SMILES string of the molecule is Cc1ccc(NC(=O)CCOCCOCCN2C(=O)CC(C)(C3CCC3)C2=O)cc1. The topological polar surface area (TPSA) is 84.9 Å². The highest BCUT2D eigenvalue weighted by molar-refractivity contribution is 6.05. The molecule has 7 nitrogen and oxygen atoms in total. The van der Waals surface area contributed by atoms with Crippen LogP contribution in [0.5, 0.6) is 0 Å². The van der Waals surface area contributed by atoms with Gasteiger partial charge in [-0.15, -0.1) is 0 Å². The van der Waals surface area contributed by atoms with Crippen LogP contribution in [0.1, 0.15) is 44.6 Å². The quantitative estimate of drug-likeness (QED) is 0.443. The molecule has 0 spiro atoms. The predicted octanol–water partition coefficient (Wildman–Crippen LogP) is 2.92. The lowest BCUT2D eigenvalue weighted by Crippen LogP contribution is -2.41. The summed E-state index contributed by atoms with van der Waals surface area (Å²) in [7, 11) is 0. The first kappa shape index (κ1) is 22.4. The van der Waals surface area contributed by atoms with Gasteiger partial charge in [0.25, 0.3) is 0 Å². The van der Waals surface area contributed by atoms with E-state index in [2.05, 4.69) is 5.32 Å². The number of nitrogens with zero attached hydrogens (tertiary/aromatic N) is 1. The fraction of sp³-hybridized carbons (Fsp3) is 0.609. The van der Waals surface area contributed by atoms with E-state index >= 15 is 0 Å². The van der Waals surface area contributed by atoms with Crippen molar-refractivity contribution in [2.24, 2.45) is 11.3 Å². The lowest BCUT2D eigenvalue weighted by atomic mass is 9.65. The minimum Gasteiger partial charge on any atom is -0.379 e. The molecule has 1 unspecified atom stereocenters. The Morgan fingerprint density at radius 1 is 1.10 bits per heavy atom. The van der Waals surface area contributed by atoms with Crippen molar-refractivity contribution >= 4 is 23.4 Å². The zero-order valence-corrected chi connectivity index (χ0v) is 17.9. The van der Waals surface area contributed by atoms with Crippen LogP contribution in [0.2, 0.25) is 0 Å². The molecule has 7 heteroatoms. The number of amides is 3. The zero-order chi connectivity index (χ0) is 21.6. The van der Waals surface area contributed by atoms with Crippen molar-refractivity contribution in [3.8, 4) is 0 Å². The molecule has 2 aliphatic rings. The summed E-state index contributed by atoms with van der Waals surface area (Å²) in [6, 6.07) is 7.63. The van der Waals surface area contributed by atoms with Crippen LogP contribution in [0, 0.1) is 18.3 Å². The molecule has 0 radical (unpaired) electrons. The monoisotopic (exact) mass is 416 g/mol. The average Bonchev–Trinajstić information content (AvgIpc) is 2.87. The van der Waals surface area contributed by atoms with Gasteiger partial charge in [-0.05, 0) is 44.7 Å². The van der Waals surface area contributed by atoms with E-state index in [4.69, 9.17) is 9.47 Å². The Balaban J connectivity index is 1.24. The summed E-state index contributed by atoms with van der Waals surface area (Å²) in [5.74, 6) is 0.113. The maximum atomic E-state index is 12.7. The number of ether oxygens (including phenoxy) is 2. The first-order valence-electron chi connectivity index (χ1n) is 10.8. The van der Waals surface area contributed by atoms with Crippen LogP contribution in [0.25, 0.3) is 0 Å². The Morgan fingerprint density at radius 2 is 1.77 bits per heavy atom. The van der Waals surface area contributed by atoms with Crippen LogP contribution in [0.3, 0.4) is 0 Å². The molecule has 1 N–H and O–H groups in total. The molecule has 0 bridgehead atoms. The summed E-state index contributed by atoms with van der Waals surface area (Å²) in [4.78, 5) is 38.2. The minimum atomic E-state index is -0.516. The molecule has 1 saturated carbocycles. The third-order valence-electron chi connectivity index (χ3n) is 6.20. The van der Waals surface area contributed by atoms with Crippen LogP contribution < -0.4 is 5.32 Å². The molecule has 3 rings (SSSR count). The van der Waals surface area contributed by atoms with Gasteiger partial charge in [0.05, 0.1) is 44.8 Å². The fourth-order valence-corrected chi connectivity index (χ4v) is 4.00. The van der Waals surface area contributed by atoms with E-state index in [1.54, 1.807) is 0 Å². The Morgan fingerprint density at radius 3 is 2.40 bits per heavy atom. The first-order valence-corrected chi connectivity index (χ1v) is 10.8. The number of benzene rings is 1. The van der Waals surface area contributed by atoms with Crippen molar-refractivity contribution in [3.63, 3.8) is 0 Å². The molecule has 1 aromatic carbocycles. The number of likely N-dealkylation sites (tertiary alicyclic amines) is 1. The van der Waals surface area contributed by atoms with Gasteiger partial charge < -0.3 is 14.8 Å². The molecule has 3 amide bonds. The number of rotatable bonds is 11. The Hall–Kier alpha value is -2.25. The largest absolute Gasteiger partial charge is 0.379 e. The van der Waals surface area contributed by atoms with E-state index in [1.807, 2.05) is 38.1 Å². The highest BCUT2D eigenvalue weighted by Crippen LogP contribution is 2.48. The van der Waals surface area contributed by atoms with E-state index in [-0.39, 0.29) is 24.1 Å². The summed E-state index contributed by atoms with van der Waals surface area (Å²) in [5, 5.41) is 2.82. The number of hydrogen-bond donors (Lipinski definition) is 1. The van der Waals surface area contributed by atoms with Gasteiger partial charge >= 0.3 is 0 Å². The molecule has 0 aromatic heterocycles. The lowest BCUT2D eigenvalue weighted by molar-refractivity contribution is -0.144. The average molecular weight is 417 g/mol. The minimum absolute atomic E-state index is 0.0448. The van der Waals surface area contributed by atoms with E-state index < -0.39 is 5.41 Å². The fourth-order valence-electron chi connectivity index (χ4n) is 4.00. The lowest BCUT2D eigenvalue weighted by Gasteiger charge is -2.38. The van der Waals surface area contributed by atoms with Crippen molar-refractivity contribution in [2.75, 3.05) is 38.3 Å². The second-order valence-electron chi connectivity index (χ2n) is 8.46. The zero-order valence-electron chi connectivity index (χ0n) is 17.9. The van der Waals surface area contributed by atoms with Crippen molar-refractivity contribution in [2.45, 2.75) is 46.0 Å². The maximum Gasteiger partial charge on any atom is 0.235 e. The number of carbonyl (C=O) groups is 3. The molecule has 1 aliphatic heterocycles. The van der Waals surface area contributed by atoms with Gasteiger partial charge in [-0.25, -0.2) is 0 Å². The molecule has 1 heterocycles. The van der Waals surface area contributed by atoms with Crippen LogP contribution in [-0.2, 0) is 23.9 Å². The predicted molar refractivity (Wildman–Crippen MR) is 113 cm³/mol.